The number of allylic oxidation sites excluding steroid dienone is 2. The van der Waals surface area contributed by atoms with E-state index in [0.29, 0.717) is 31.1 Å². The molecule has 0 radical (unpaired) electrons. The van der Waals surface area contributed by atoms with Gasteiger partial charge in [-0.3, -0.25) is 24.3 Å². The van der Waals surface area contributed by atoms with E-state index in [1.807, 2.05) is 36.4 Å². The molecule has 1 aromatic rings. The minimum absolute atomic E-state index is 0.0122. The fraction of sp³-hybridized carbons (Fsp3) is 0.524. The predicted octanol–water partition coefficient (Wildman–Crippen LogP) is 2.25. The van der Waals surface area contributed by atoms with E-state index in [1.54, 1.807) is 0 Å². The predicted molar refractivity (Wildman–Crippen MR) is 107 cm³/mol. The van der Waals surface area contributed by atoms with E-state index in [1.165, 1.54) is 4.90 Å². The summed E-state index contributed by atoms with van der Waals surface area (Å²) in [5.74, 6) is 0.578. The van der Waals surface area contributed by atoms with E-state index in [9.17, 15) is 9.59 Å². The van der Waals surface area contributed by atoms with Gasteiger partial charge in [-0.1, -0.05) is 23.8 Å². The number of fused-ring (bicyclic) bond motifs is 1. The molecule has 0 aromatic heterocycles. The molecule has 4 rings (SSSR count). The summed E-state index contributed by atoms with van der Waals surface area (Å²) in [6, 6.07) is 7.39. The van der Waals surface area contributed by atoms with Crippen LogP contribution >= 0.6 is 11.6 Å². The second kappa shape index (κ2) is 8.64. The Hall–Kier alpha value is -1.89. The van der Waals surface area contributed by atoms with Crippen LogP contribution < -0.4 is 4.74 Å². The third-order valence-electron chi connectivity index (χ3n) is 5.90. The van der Waals surface area contributed by atoms with E-state index >= 15 is 0 Å². The van der Waals surface area contributed by atoms with Crippen molar-refractivity contribution in [3.05, 3.63) is 41.4 Å². The maximum atomic E-state index is 12.6. The Balaban J connectivity index is 1.20. The van der Waals surface area contributed by atoms with Crippen LogP contribution in [0.15, 0.2) is 36.4 Å². The van der Waals surface area contributed by atoms with Gasteiger partial charge in [-0.25, -0.2) is 0 Å². The number of ether oxygens (including phenoxy) is 1. The summed E-state index contributed by atoms with van der Waals surface area (Å²) in [5.41, 5.74) is 0. The topological polar surface area (TPSA) is 53.1 Å². The zero-order chi connectivity index (χ0) is 19.5. The molecule has 2 atom stereocenters. The number of hydrogen-bond donors (Lipinski definition) is 0. The average Bonchev–Trinajstić information content (AvgIpc) is 2.96. The number of halogens is 1. The molecule has 2 heterocycles. The van der Waals surface area contributed by atoms with Crippen LogP contribution in [-0.4, -0.2) is 72.5 Å². The molecule has 2 saturated heterocycles. The Morgan fingerprint density at radius 1 is 0.893 bits per heavy atom. The second-order valence-electron chi connectivity index (χ2n) is 7.66. The van der Waals surface area contributed by atoms with Crippen LogP contribution in [0, 0.1) is 11.8 Å². The quantitative estimate of drug-likeness (QED) is 0.538. The lowest BCUT2D eigenvalue weighted by Gasteiger charge is -2.36. The van der Waals surface area contributed by atoms with Crippen molar-refractivity contribution in [3.8, 4) is 5.75 Å². The van der Waals surface area contributed by atoms with Crippen LogP contribution in [0.5, 0.6) is 5.75 Å². The van der Waals surface area contributed by atoms with Crippen LogP contribution in [0.4, 0.5) is 0 Å². The summed E-state index contributed by atoms with van der Waals surface area (Å²) >= 11 is 5.88. The number of carbonyl (C=O) groups excluding carboxylic acids is 2. The van der Waals surface area contributed by atoms with Gasteiger partial charge in [0.15, 0.2) is 0 Å². The number of carbonyl (C=O) groups is 2. The molecule has 3 aliphatic rings. The highest BCUT2D eigenvalue weighted by atomic mass is 35.5. The van der Waals surface area contributed by atoms with Gasteiger partial charge in [-0.05, 0) is 37.1 Å². The molecule has 0 spiro atoms. The Bertz CT molecular complexity index is 718. The lowest BCUT2D eigenvalue weighted by atomic mass is 9.85. The third kappa shape index (κ3) is 4.24. The van der Waals surface area contributed by atoms with Crippen molar-refractivity contribution in [1.29, 1.82) is 0 Å². The summed E-state index contributed by atoms with van der Waals surface area (Å²) in [4.78, 5) is 31.2. The maximum absolute atomic E-state index is 12.6. The summed E-state index contributed by atoms with van der Waals surface area (Å²) in [5, 5.41) is 0.703. The highest BCUT2D eigenvalue weighted by molar-refractivity contribution is 6.30. The molecule has 2 unspecified atom stereocenters. The van der Waals surface area contributed by atoms with Crippen molar-refractivity contribution in [1.82, 2.24) is 14.7 Å². The fourth-order valence-corrected chi connectivity index (χ4v) is 4.31. The normalized spacial score (nSPS) is 26.0. The highest BCUT2D eigenvalue weighted by Gasteiger charge is 2.47. The van der Waals surface area contributed by atoms with Crippen LogP contribution in [0.3, 0.4) is 0 Å². The number of rotatable bonds is 6. The molecule has 2 aliphatic heterocycles. The highest BCUT2D eigenvalue weighted by Crippen LogP contribution is 2.35. The third-order valence-corrected chi connectivity index (χ3v) is 6.15. The maximum Gasteiger partial charge on any atom is 0.234 e. The van der Waals surface area contributed by atoms with Crippen LogP contribution in [-0.2, 0) is 9.59 Å². The number of nitrogens with zero attached hydrogens (tertiary/aromatic N) is 3. The number of amides is 2. The monoisotopic (exact) mass is 403 g/mol. The molecule has 28 heavy (non-hydrogen) atoms. The van der Waals surface area contributed by atoms with Gasteiger partial charge in [0.2, 0.25) is 11.8 Å². The molecule has 1 aliphatic carbocycles. The van der Waals surface area contributed by atoms with Crippen molar-refractivity contribution < 1.29 is 14.3 Å². The van der Waals surface area contributed by atoms with Crippen LogP contribution in [0.1, 0.15) is 12.8 Å². The van der Waals surface area contributed by atoms with Gasteiger partial charge in [0, 0.05) is 37.7 Å². The van der Waals surface area contributed by atoms with Crippen molar-refractivity contribution in [2.24, 2.45) is 11.8 Å². The molecular formula is C21H26ClN3O3. The average molecular weight is 404 g/mol. The molecule has 7 heteroatoms. The van der Waals surface area contributed by atoms with Gasteiger partial charge in [-0.15, -0.1) is 0 Å². The van der Waals surface area contributed by atoms with Gasteiger partial charge in [0.1, 0.15) is 12.4 Å². The van der Waals surface area contributed by atoms with Crippen molar-refractivity contribution in [2.45, 2.75) is 12.8 Å². The van der Waals surface area contributed by atoms with Crippen molar-refractivity contribution in [2.75, 3.05) is 46.0 Å². The number of piperazine rings is 1. The standard InChI is InChI=1S/C21H26ClN3O3/c22-16-5-7-17(8-6-16)28-14-13-23-9-11-24(12-10-23)15-25-20(26)18-3-1-2-4-19(18)21(25)27/h1-2,5-8,18-19H,3-4,9-15H2. The fourth-order valence-electron chi connectivity index (χ4n) is 4.19. The van der Waals surface area contributed by atoms with E-state index in [2.05, 4.69) is 9.80 Å². The number of hydrogen-bond acceptors (Lipinski definition) is 5. The number of likely N-dealkylation sites (tertiary alicyclic amines) is 1. The Morgan fingerprint density at radius 3 is 2.07 bits per heavy atom. The molecule has 0 N–H and O–H groups in total. The molecular weight excluding hydrogens is 378 g/mol. The summed E-state index contributed by atoms with van der Waals surface area (Å²) in [6.07, 6.45) is 5.46. The molecule has 2 amide bonds. The number of benzene rings is 1. The largest absolute Gasteiger partial charge is 0.492 e. The van der Waals surface area contributed by atoms with Crippen molar-refractivity contribution in [3.63, 3.8) is 0 Å². The SMILES string of the molecule is O=C1C2CC=CCC2C(=O)N1CN1CCN(CCOc2ccc(Cl)cc2)CC1. The second-order valence-corrected chi connectivity index (χ2v) is 8.10. The first-order chi connectivity index (χ1) is 13.6. The zero-order valence-corrected chi connectivity index (χ0v) is 16.7. The molecule has 2 fully saturated rings. The molecule has 1 aromatic carbocycles. The lowest BCUT2D eigenvalue weighted by Crippen LogP contribution is -2.51. The lowest BCUT2D eigenvalue weighted by molar-refractivity contribution is -0.142. The first-order valence-electron chi connectivity index (χ1n) is 9.95. The molecule has 6 nitrogen and oxygen atoms in total. The molecule has 0 saturated carbocycles. The van der Waals surface area contributed by atoms with Crippen molar-refractivity contribution >= 4 is 23.4 Å². The Labute approximate surface area is 170 Å². The molecule has 0 bridgehead atoms. The van der Waals surface area contributed by atoms with Crippen LogP contribution in [0.2, 0.25) is 5.02 Å². The van der Waals surface area contributed by atoms with E-state index < -0.39 is 0 Å². The van der Waals surface area contributed by atoms with Gasteiger partial charge < -0.3 is 4.74 Å². The summed E-state index contributed by atoms with van der Waals surface area (Å²) in [6.45, 7) is 5.44. The van der Waals surface area contributed by atoms with E-state index in [4.69, 9.17) is 16.3 Å². The molecule has 150 valence electrons. The minimum atomic E-state index is -0.135. The first-order valence-corrected chi connectivity index (χ1v) is 10.3. The van der Waals surface area contributed by atoms with E-state index in [-0.39, 0.29) is 23.7 Å². The van der Waals surface area contributed by atoms with Crippen LogP contribution in [0.25, 0.3) is 0 Å². The van der Waals surface area contributed by atoms with Gasteiger partial charge in [0.05, 0.1) is 18.5 Å². The zero-order valence-electron chi connectivity index (χ0n) is 15.9. The Morgan fingerprint density at radius 2 is 1.46 bits per heavy atom. The minimum Gasteiger partial charge on any atom is -0.492 e. The van der Waals surface area contributed by atoms with Gasteiger partial charge in [-0.2, -0.15) is 0 Å². The van der Waals surface area contributed by atoms with Gasteiger partial charge in [0.25, 0.3) is 0 Å². The Kier molecular flexibility index (Phi) is 5.99. The van der Waals surface area contributed by atoms with E-state index in [0.717, 1.165) is 38.5 Å². The van der Waals surface area contributed by atoms with Gasteiger partial charge >= 0.3 is 0 Å². The summed E-state index contributed by atoms with van der Waals surface area (Å²) in [7, 11) is 0. The first kappa shape index (κ1) is 19.4. The smallest absolute Gasteiger partial charge is 0.234 e. The summed E-state index contributed by atoms with van der Waals surface area (Å²) < 4.78 is 5.76. The number of imide groups is 1.